The van der Waals surface area contributed by atoms with E-state index in [2.05, 4.69) is 31.9 Å². The molecular weight excluding hydrogens is 300 g/mol. The van der Waals surface area contributed by atoms with Gasteiger partial charge in [-0.15, -0.1) is 0 Å². The first-order chi connectivity index (χ1) is 6.31. The molecule has 0 spiro atoms. The van der Waals surface area contributed by atoms with Gasteiger partial charge in [-0.1, -0.05) is 31.9 Å². The summed E-state index contributed by atoms with van der Waals surface area (Å²) < 4.78 is 11.5. The van der Waals surface area contributed by atoms with E-state index in [-0.39, 0.29) is 0 Å². The Bertz CT molecular complexity index is 361. The quantitative estimate of drug-likeness (QED) is 0.790. The second kappa shape index (κ2) is 3.72. The third-order valence-electron chi connectivity index (χ3n) is 1.73. The number of rotatable bonds is 1. The molecule has 0 aromatic heterocycles. The summed E-state index contributed by atoms with van der Waals surface area (Å²) in [5, 5.41) is 0. The van der Waals surface area contributed by atoms with Crippen molar-refractivity contribution in [2.45, 2.75) is 0 Å². The molecule has 0 bridgehead atoms. The average molecular weight is 306 g/mol. The van der Waals surface area contributed by atoms with Crippen molar-refractivity contribution in [3.8, 4) is 11.5 Å². The zero-order valence-corrected chi connectivity index (χ0v) is 9.76. The molecule has 1 aromatic carbocycles. The number of fused-ring (bicyclic) bond motifs is 1. The summed E-state index contributed by atoms with van der Waals surface area (Å²) in [6, 6.07) is 3.84. The van der Waals surface area contributed by atoms with Gasteiger partial charge in [-0.05, 0) is 28.8 Å². The molecule has 13 heavy (non-hydrogen) atoms. The van der Waals surface area contributed by atoms with Gasteiger partial charge in [0.15, 0.2) is 11.5 Å². The number of benzene rings is 1. The SMILES string of the molecule is Br/C=C\c1cc2c(cc1Br)OCO2. The first-order valence-electron chi connectivity index (χ1n) is 3.67. The van der Waals surface area contributed by atoms with Gasteiger partial charge in [0.1, 0.15) is 0 Å². The highest BCUT2D eigenvalue weighted by molar-refractivity contribution is 9.11. The van der Waals surface area contributed by atoms with Crippen molar-refractivity contribution >= 4 is 37.9 Å². The predicted molar refractivity (Wildman–Crippen MR) is 58.2 cm³/mol. The van der Waals surface area contributed by atoms with E-state index in [4.69, 9.17) is 9.47 Å². The smallest absolute Gasteiger partial charge is 0.231 e. The van der Waals surface area contributed by atoms with Gasteiger partial charge in [0, 0.05) is 4.47 Å². The molecule has 0 aliphatic carbocycles. The summed E-state index contributed by atoms with van der Waals surface area (Å²) >= 11 is 6.67. The summed E-state index contributed by atoms with van der Waals surface area (Å²) in [6.07, 6.45) is 1.94. The van der Waals surface area contributed by atoms with Crippen LogP contribution in [0.5, 0.6) is 11.5 Å². The van der Waals surface area contributed by atoms with Gasteiger partial charge in [-0.3, -0.25) is 0 Å². The topological polar surface area (TPSA) is 18.5 Å². The van der Waals surface area contributed by atoms with Gasteiger partial charge in [-0.2, -0.15) is 0 Å². The van der Waals surface area contributed by atoms with Crippen LogP contribution in [0, 0.1) is 0 Å². The highest BCUT2D eigenvalue weighted by atomic mass is 79.9. The average Bonchev–Trinajstić information content (AvgIpc) is 2.52. The fourth-order valence-corrected chi connectivity index (χ4v) is 1.87. The van der Waals surface area contributed by atoms with Crippen LogP contribution < -0.4 is 9.47 Å². The van der Waals surface area contributed by atoms with Crippen LogP contribution in [-0.2, 0) is 0 Å². The van der Waals surface area contributed by atoms with Crippen molar-refractivity contribution in [3.05, 3.63) is 27.2 Å². The molecule has 0 amide bonds. The molecule has 1 aromatic rings. The van der Waals surface area contributed by atoms with E-state index in [0.717, 1.165) is 21.5 Å². The molecule has 0 saturated heterocycles. The summed E-state index contributed by atoms with van der Waals surface area (Å²) in [5.74, 6) is 1.59. The van der Waals surface area contributed by atoms with Gasteiger partial charge in [-0.25, -0.2) is 0 Å². The maximum atomic E-state index is 5.25. The fourth-order valence-electron chi connectivity index (χ4n) is 1.13. The summed E-state index contributed by atoms with van der Waals surface area (Å²) in [5.41, 5.74) is 1.06. The number of halogens is 2. The Morgan fingerprint density at radius 3 is 2.62 bits per heavy atom. The van der Waals surface area contributed by atoms with E-state index >= 15 is 0 Å². The Morgan fingerprint density at radius 2 is 1.92 bits per heavy atom. The Labute approximate surface area is 92.8 Å². The molecule has 1 aliphatic heterocycles. The van der Waals surface area contributed by atoms with Crippen LogP contribution >= 0.6 is 31.9 Å². The highest BCUT2D eigenvalue weighted by Crippen LogP contribution is 2.37. The largest absolute Gasteiger partial charge is 0.454 e. The molecule has 0 radical (unpaired) electrons. The van der Waals surface area contributed by atoms with Crippen LogP contribution in [0.15, 0.2) is 21.6 Å². The second-order valence-corrected chi connectivity index (χ2v) is 3.90. The molecule has 0 saturated carbocycles. The van der Waals surface area contributed by atoms with E-state index in [9.17, 15) is 0 Å². The highest BCUT2D eigenvalue weighted by Gasteiger charge is 2.14. The van der Waals surface area contributed by atoms with Crippen molar-refractivity contribution in [3.63, 3.8) is 0 Å². The zero-order valence-electron chi connectivity index (χ0n) is 6.59. The number of hydrogen-bond acceptors (Lipinski definition) is 2. The summed E-state index contributed by atoms with van der Waals surface area (Å²) in [6.45, 7) is 0.309. The molecule has 4 heteroatoms. The molecule has 2 nitrogen and oxygen atoms in total. The van der Waals surface area contributed by atoms with E-state index in [1.807, 2.05) is 18.2 Å². The number of hydrogen-bond donors (Lipinski definition) is 0. The van der Waals surface area contributed by atoms with Crippen LogP contribution in [0.25, 0.3) is 6.08 Å². The van der Waals surface area contributed by atoms with Gasteiger partial charge >= 0.3 is 0 Å². The summed E-state index contributed by atoms with van der Waals surface area (Å²) in [7, 11) is 0. The first-order valence-corrected chi connectivity index (χ1v) is 5.38. The third-order valence-corrected chi connectivity index (χ3v) is 2.69. The van der Waals surface area contributed by atoms with Crippen LogP contribution in [0.3, 0.4) is 0 Å². The monoisotopic (exact) mass is 304 g/mol. The van der Waals surface area contributed by atoms with Gasteiger partial charge in [0.2, 0.25) is 6.79 Å². The van der Waals surface area contributed by atoms with Gasteiger partial charge in [0.25, 0.3) is 0 Å². The Balaban J connectivity index is 2.49. The molecule has 0 fully saturated rings. The lowest BCUT2D eigenvalue weighted by atomic mass is 10.2. The zero-order chi connectivity index (χ0) is 9.26. The molecule has 1 aliphatic rings. The van der Waals surface area contributed by atoms with Crippen LogP contribution in [0.1, 0.15) is 5.56 Å². The van der Waals surface area contributed by atoms with Crippen molar-refractivity contribution in [2.24, 2.45) is 0 Å². The van der Waals surface area contributed by atoms with Crippen LogP contribution in [0.2, 0.25) is 0 Å². The normalized spacial score (nSPS) is 14.0. The van der Waals surface area contributed by atoms with Gasteiger partial charge in [0.05, 0.1) is 0 Å². The Morgan fingerprint density at radius 1 is 1.23 bits per heavy atom. The van der Waals surface area contributed by atoms with E-state index < -0.39 is 0 Å². The van der Waals surface area contributed by atoms with Crippen molar-refractivity contribution in [1.82, 2.24) is 0 Å². The molecule has 0 atom stereocenters. The lowest BCUT2D eigenvalue weighted by Gasteiger charge is -2.00. The fraction of sp³-hybridized carbons (Fsp3) is 0.111. The molecular formula is C9H6Br2O2. The van der Waals surface area contributed by atoms with E-state index in [1.165, 1.54) is 0 Å². The van der Waals surface area contributed by atoms with Crippen molar-refractivity contribution in [1.29, 1.82) is 0 Å². The lowest BCUT2D eigenvalue weighted by molar-refractivity contribution is 0.174. The standard InChI is InChI=1S/C9H6Br2O2/c10-2-1-6-3-8-9(4-7(6)11)13-5-12-8/h1-4H,5H2/b2-1-. The second-order valence-electron chi connectivity index (χ2n) is 2.52. The van der Waals surface area contributed by atoms with Crippen molar-refractivity contribution < 1.29 is 9.47 Å². The maximum Gasteiger partial charge on any atom is 0.231 e. The molecule has 0 N–H and O–H groups in total. The van der Waals surface area contributed by atoms with Crippen LogP contribution in [-0.4, -0.2) is 6.79 Å². The predicted octanol–water partition coefficient (Wildman–Crippen LogP) is 3.54. The summed E-state index contributed by atoms with van der Waals surface area (Å²) in [4.78, 5) is 1.80. The third kappa shape index (κ3) is 1.74. The number of ether oxygens (including phenoxy) is 2. The minimum atomic E-state index is 0.309. The Hall–Kier alpha value is -0.480. The molecule has 68 valence electrons. The molecule has 1 heterocycles. The first kappa shape index (κ1) is 9.09. The van der Waals surface area contributed by atoms with E-state index in [1.54, 1.807) is 4.99 Å². The minimum absolute atomic E-state index is 0.309. The van der Waals surface area contributed by atoms with Crippen LogP contribution in [0.4, 0.5) is 0 Å². The molecule has 0 unspecified atom stereocenters. The maximum absolute atomic E-state index is 5.25. The van der Waals surface area contributed by atoms with Crippen molar-refractivity contribution in [2.75, 3.05) is 6.79 Å². The lowest BCUT2D eigenvalue weighted by Crippen LogP contribution is -1.92. The van der Waals surface area contributed by atoms with E-state index in [0.29, 0.717) is 6.79 Å². The Kier molecular flexibility index (Phi) is 2.60. The van der Waals surface area contributed by atoms with Gasteiger partial charge < -0.3 is 9.47 Å². The molecule has 2 rings (SSSR count). The minimum Gasteiger partial charge on any atom is -0.454 e.